The number of rotatable bonds is 6. The van der Waals surface area contributed by atoms with Crippen LogP contribution in [0.5, 0.6) is 0 Å². The van der Waals surface area contributed by atoms with Crippen molar-refractivity contribution >= 4 is 29.0 Å². The zero-order valence-electron chi connectivity index (χ0n) is 14.0. The zero-order chi connectivity index (χ0) is 17.5. The van der Waals surface area contributed by atoms with Gasteiger partial charge in [0, 0.05) is 24.8 Å². The highest BCUT2D eigenvalue weighted by atomic mass is 16.2. The Morgan fingerprint density at radius 1 is 1.04 bits per heavy atom. The van der Waals surface area contributed by atoms with Crippen LogP contribution in [0.15, 0.2) is 36.7 Å². The first-order chi connectivity index (χ1) is 11.4. The molecule has 0 atom stereocenters. The number of amides is 2. The molecule has 126 valence electrons. The maximum atomic E-state index is 11.9. The summed E-state index contributed by atoms with van der Waals surface area (Å²) < 4.78 is 0. The summed E-state index contributed by atoms with van der Waals surface area (Å²) in [7, 11) is 0. The summed E-state index contributed by atoms with van der Waals surface area (Å²) in [6, 6.07) is 7.20. The molecule has 2 amide bonds. The molecular weight excluding hydrogens is 306 g/mol. The molecule has 0 unspecified atom stereocenters. The highest BCUT2D eigenvalue weighted by Crippen LogP contribution is 2.17. The van der Waals surface area contributed by atoms with Crippen LogP contribution in [0.4, 0.5) is 17.2 Å². The molecule has 2 aromatic rings. The maximum Gasteiger partial charge on any atom is 0.271 e. The number of anilines is 3. The monoisotopic (exact) mass is 327 g/mol. The Hall–Kier alpha value is -2.96. The molecule has 0 aliphatic carbocycles. The normalized spacial score (nSPS) is 10.3. The molecule has 0 aliphatic heterocycles. The van der Waals surface area contributed by atoms with E-state index in [0.717, 1.165) is 11.4 Å². The lowest BCUT2D eigenvalue weighted by Crippen LogP contribution is -2.28. The predicted octanol–water partition coefficient (Wildman–Crippen LogP) is 2.56. The molecule has 24 heavy (non-hydrogen) atoms. The molecule has 7 nitrogen and oxygen atoms in total. The molecule has 0 saturated heterocycles. The van der Waals surface area contributed by atoms with Crippen LogP contribution in [0.25, 0.3) is 0 Å². The fraction of sp³-hybridized carbons (Fsp3) is 0.294. The third-order valence-electron chi connectivity index (χ3n) is 3.03. The largest absolute Gasteiger partial charge is 0.350 e. The van der Waals surface area contributed by atoms with Gasteiger partial charge in [0.1, 0.15) is 11.5 Å². The lowest BCUT2D eigenvalue weighted by Gasteiger charge is -2.09. The third kappa shape index (κ3) is 5.35. The molecule has 2 rings (SSSR count). The SMILES string of the molecule is CC(=O)Nc1ccc(Nc2cnc(C(=O)NCC(C)C)cn2)cc1. The van der Waals surface area contributed by atoms with E-state index in [1.807, 2.05) is 26.0 Å². The lowest BCUT2D eigenvalue weighted by molar-refractivity contribution is -0.114. The number of nitrogens with one attached hydrogen (secondary N) is 3. The third-order valence-corrected chi connectivity index (χ3v) is 3.03. The summed E-state index contributed by atoms with van der Waals surface area (Å²) >= 11 is 0. The maximum absolute atomic E-state index is 11.9. The van der Waals surface area contributed by atoms with Crippen LogP contribution in [0, 0.1) is 5.92 Å². The molecule has 1 aromatic heterocycles. The fourth-order valence-electron chi connectivity index (χ4n) is 1.89. The first kappa shape index (κ1) is 17.4. The van der Waals surface area contributed by atoms with Gasteiger partial charge in [0.25, 0.3) is 5.91 Å². The van der Waals surface area contributed by atoms with E-state index in [1.54, 1.807) is 12.1 Å². The topological polar surface area (TPSA) is 96.0 Å². The van der Waals surface area contributed by atoms with E-state index in [1.165, 1.54) is 19.3 Å². The van der Waals surface area contributed by atoms with Crippen LogP contribution in [-0.4, -0.2) is 28.3 Å². The van der Waals surface area contributed by atoms with Crippen molar-refractivity contribution in [3.8, 4) is 0 Å². The zero-order valence-corrected chi connectivity index (χ0v) is 14.0. The summed E-state index contributed by atoms with van der Waals surface area (Å²) in [6.07, 6.45) is 2.94. The van der Waals surface area contributed by atoms with Crippen LogP contribution >= 0.6 is 0 Å². The number of hydrogen-bond acceptors (Lipinski definition) is 5. The minimum atomic E-state index is -0.234. The number of benzene rings is 1. The number of aromatic nitrogens is 2. The minimum Gasteiger partial charge on any atom is -0.350 e. The fourth-order valence-corrected chi connectivity index (χ4v) is 1.89. The Morgan fingerprint density at radius 2 is 1.71 bits per heavy atom. The predicted molar refractivity (Wildman–Crippen MR) is 93.2 cm³/mol. The van der Waals surface area contributed by atoms with Gasteiger partial charge < -0.3 is 16.0 Å². The average Bonchev–Trinajstić information content (AvgIpc) is 2.54. The van der Waals surface area contributed by atoms with Gasteiger partial charge in [0.2, 0.25) is 5.91 Å². The smallest absolute Gasteiger partial charge is 0.271 e. The van der Waals surface area contributed by atoms with Gasteiger partial charge in [-0.05, 0) is 30.2 Å². The first-order valence-corrected chi connectivity index (χ1v) is 7.69. The molecule has 7 heteroatoms. The molecule has 0 bridgehead atoms. The molecule has 0 fully saturated rings. The van der Waals surface area contributed by atoms with Crippen LogP contribution < -0.4 is 16.0 Å². The van der Waals surface area contributed by atoms with Crippen molar-refractivity contribution in [2.24, 2.45) is 5.92 Å². The summed E-state index contributed by atoms with van der Waals surface area (Å²) in [4.78, 5) is 31.2. The van der Waals surface area contributed by atoms with Crippen LogP contribution in [0.2, 0.25) is 0 Å². The summed E-state index contributed by atoms with van der Waals surface area (Å²) in [5.41, 5.74) is 1.80. The Balaban J connectivity index is 1.96. The molecule has 0 radical (unpaired) electrons. The minimum absolute atomic E-state index is 0.118. The number of carbonyl (C=O) groups excluding carboxylic acids is 2. The van der Waals surface area contributed by atoms with E-state index in [4.69, 9.17) is 0 Å². The Morgan fingerprint density at radius 3 is 2.25 bits per heavy atom. The van der Waals surface area contributed by atoms with Gasteiger partial charge in [-0.25, -0.2) is 9.97 Å². The number of hydrogen-bond donors (Lipinski definition) is 3. The van der Waals surface area contributed by atoms with Crippen LogP contribution in [0.1, 0.15) is 31.3 Å². The van der Waals surface area contributed by atoms with Crippen molar-refractivity contribution in [3.05, 3.63) is 42.4 Å². The van der Waals surface area contributed by atoms with Crippen molar-refractivity contribution in [2.45, 2.75) is 20.8 Å². The highest BCUT2D eigenvalue weighted by Gasteiger charge is 2.08. The van der Waals surface area contributed by atoms with Crippen LogP contribution in [0.3, 0.4) is 0 Å². The Bertz CT molecular complexity index is 696. The van der Waals surface area contributed by atoms with E-state index in [2.05, 4.69) is 25.9 Å². The molecule has 1 heterocycles. The second-order valence-electron chi connectivity index (χ2n) is 5.77. The van der Waals surface area contributed by atoms with E-state index in [0.29, 0.717) is 18.3 Å². The van der Waals surface area contributed by atoms with E-state index < -0.39 is 0 Å². The van der Waals surface area contributed by atoms with E-state index >= 15 is 0 Å². The summed E-state index contributed by atoms with van der Waals surface area (Å²) in [5.74, 6) is 0.557. The quantitative estimate of drug-likeness (QED) is 0.758. The Kier molecular flexibility index (Phi) is 5.83. The number of nitrogens with zero attached hydrogens (tertiary/aromatic N) is 2. The summed E-state index contributed by atoms with van der Waals surface area (Å²) in [6.45, 7) is 6.11. The molecule has 3 N–H and O–H groups in total. The van der Waals surface area contributed by atoms with E-state index in [-0.39, 0.29) is 17.5 Å². The van der Waals surface area contributed by atoms with E-state index in [9.17, 15) is 9.59 Å². The molecular formula is C17H21N5O2. The van der Waals surface area contributed by atoms with Gasteiger partial charge >= 0.3 is 0 Å². The molecule has 0 spiro atoms. The van der Waals surface area contributed by atoms with Gasteiger partial charge in [-0.2, -0.15) is 0 Å². The highest BCUT2D eigenvalue weighted by molar-refractivity contribution is 5.92. The second-order valence-corrected chi connectivity index (χ2v) is 5.77. The summed E-state index contributed by atoms with van der Waals surface area (Å²) in [5, 5.41) is 8.57. The van der Waals surface area contributed by atoms with Crippen molar-refractivity contribution in [1.82, 2.24) is 15.3 Å². The molecule has 0 saturated carbocycles. The Labute approximate surface area is 140 Å². The van der Waals surface area contributed by atoms with Crippen LogP contribution in [-0.2, 0) is 4.79 Å². The second kappa shape index (κ2) is 8.05. The first-order valence-electron chi connectivity index (χ1n) is 7.69. The van der Waals surface area contributed by atoms with Gasteiger partial charge in [0.05, 0.1) is 12.4 Å². The van der Waals surface area contributed by atoms with Gasteiger partial charge in [-0.15, -0.1) is 0 Å². The number of carbonyl (C=O) groups is 2. The molecule has 1 aromatic carbocycles. The molecule has 0 aliphatic rings. The van der Waals surface area contributed by atoms with Crippen molar-refractivity contribution in [3.63, 3.8) is 0 Å². The van der Waals surface area contributed by atoms with Gasteiger partial charge in [-0.3, -0.25) is 9.59 Å². The van der Waals surface area contributed by atoms with Gasteiger partial charge in [-0.1, -0.05) is 13.8 Å². The van der Waals surface area contributed by atoms with Crippen molar-refractivity contribution in [2.75, 3.05) is 17.2 Å². The average molecular weight is 327 g/mol. The van der Waals surface area contributed by atoms with Gasteiger partial charge in [0.15, 0.2) is 0 Å². The standard InChI is InChI=1S/C17H21N5O2/c1-11(2)8-20-17(24)15-9-19-16(10-18-15)22-14-6-4-13(5-7-14)21-12(3)23/h4-7,9-11H,8H2,1-3H3,(H,19,22)(H,20,24)(H,21,23). The van der Waals surface area contributed by atoms with Crippen molar-refractivity contribution < 1.29 is 9.59 Å². The lowest BCUT2D eigenvalue weighted by atomic mass is 10.2. The van der Waals surface area contributed by atoms with Crippen molar-refractivity contribution in [1.29, 1.82) is 0 Å².